The average Bonchev–Trinajstić information content (AvgIpc) is 2.39. The molecule has 0 bridgehead atoms. The Morgan fingerprint density at radius 2 is 1.90 bits per heavy atom. The highest BCUT2D eigenvalue weighted by Crippen LogP contribution is 2.33. The number of nitro benzene ring substituents is 1. The number of benzene rings is 2. The maximum absolute atomic E-state index is 11.1. The van der Waals surface area contributed by atoms with Gasteiger partial charge in [0.1, 0.15) is 11.4 Å². The Labute approximate surface area is 125 Å². The summed E-state index contributed by atoms with van der Waals surface area (Å²) in [6.45, 7) is 1.94. The van der Waals surface area contributed by atoms with Crippen molar-refractivity contribution in [3.8, 4) is 0 Å². The number of rotatable bonds is 4. The molecule has 0 saturated heterocycles. The van der Waals surface area contributed by atoms with E-state index in [9.17, 15) is 10.1 Å². The molecule has 0 fully saturated rings. The second-order valence-corrected chi connectivity index (χ2v) is 5.33. The van der Waals surface area contributed by atoms with E-state index >= 15 is 0 Å². The molecule has 0 saturated carbocycles. The van der Waals surface area contributed by atoms with E-state index in [4.69, 9.17) is 5.73 Å². The molecule has 2 aromatic rings. The Balaban J connectivity index is 2.28. The quantitative estimate of drug-likeness (QED) is 0.500. The number of nitrogens with two attached hydrogens (primary N) is 1. The molecule has 104 valence electrons. The molecule has 0 aromatic heterocycles. The van der Waals surface area contributed by atoms with Gasteiger partial charge in [-0.1, -0.05) is 34.1 Å². The van der Waals surface area contributed by atoms with Gasteiger partial charge in [0.05, 0.1) is 4.92 Å². The van der Waals surface area contributed by atoms with E-state index in [-0.39, 0.29) is 17.4 Å². The first-order valence-electron chi connectivity index (χ1n) is 6.04. The number of para-hydroxylation sites is 1. The summed E-state index contributed by atoms with van der Waals surface area (Å²) in [6.07, 6.45) is 0. The van der Waals surface area contributed by atoms with Crippen molar-refractivity contribution >= 4 is 33.0 Å². The number of hydrogen-bond acceptors (Lipinski definition) is 4. The first kappa shape index (κ1) is 14.3. The van der Waals surface area contributed by atoms with Crippen LogP contribution in [0.3, 0.4) is 0 Å². The molecule has 0 amide bonds. The average molecular weight is 336 g/mol. The number of nitrogens with one attached hydrogen (secondary N) is 1. The van der Waals surface area contributed by atoms with Crippen molar-refractivity contribution in [2.45, 2.75) is 13.0 Å². The number of anilines is 2. The van der Waals surface area contributed by atoms with E-state index in [0.717, 1.165) is 10.0 Å². The van der Waals surface area contributed by atoms with Gasteiger partial charge in [0.25, 0.3) is 0 Å². The molecular weight excluding hydrogens is 322 g/mol. The lowest BCUT2D eigenvalue weighted by molar-refractivity contribution is -0.383. The second-order valence-electron chi connectivity index (χ2n) is 4.42. The largest absolute Gasteiger partial charge is 0.393 e. The van der Waals surface area contributed by atoms with Crippen LogP contribution in [0.4, 0.5) is 17.1 Å². The molecule has 2 rings (SSSR count). The van der Waals surface area contributed by atoms with Crippen LogP contribution in [0.15, 0.2) is 46.9 Å². The van der Waals surface area contributed by atoms with Gasteiger partial charge >= 0.3 is 5.69 Å². The van der Waals surface area contributed by atoms with Crippen molar-refractivity contribution < 1.29 is 4.92 Å². The van der Waals surface area contributed by atoms with Crippen LogP contribution in [-0.4, -0.2) is 4.92 Å². The zero-order valence-corrected chi connectivity index (χ0v) is 12.4. The fourth-order valence-corrected chi connectivity index (χ4v) is 2.21. The molecule has 0 aliphatic heterocycles. The molecule has 2 aromatic carbocycles. The van der Waals surface area contributed by atoms with Crippen LogP contribution in [0.2, 0.25) is 0 Å². The highest BCUT2D eigenvalue weighted by atomic mass is 79.9. The zero-order valence-electron chi connectivity index (χ0n) is 10.8. The van der Waals surface area contributed by atoms with Gasteiger partial charge in [-0.3, -0.25) is 10.1 Å². The molecule has 0 aliphatic rings. The first-order valence-corrected chi connectivity index (χ1v) is 6.83. The summed E-state index contributed by atoms with van der Waals surface area (Å²) in [5.41, 5.74) is 7.19. The number of nitrogen functional groups attached to an aromatic ring is 1. The van der Waals surface area contributed by atoms with Crippen molar-refractivity contribution in [3.63, 3.8) is 0 Å². The van der Waals surface area contributed by atoms with Crippen molar-refractivity contribution in [2.24, 2.45) is 0 Å². The minimum atomic E-state index is -0.466. The van der Waals surface area contributed by atoms with Gasteiger partial charge < -0.3 is 11.1 Å². The van der Waals surface area contributed by atoms with Gasteiger partial charge in [0.2, 0.25) is 0 Å². The smallest absolute Gasteiger partial charge is 0.314 e. The minimum absolute atomic E-state index is 0.0661. The topological polar surface area (TPSA) is 81.2 Å². The molecule has 6 heteroatoms. The predicted molar refractivity (Wildman–Crippen MR) is 83.7 cm³/mol. The highest BCUT2D eigenvalue weighted by Gasteiger charge is 2.19. The Morgan fingerprint density at radius 3 is 2.50 bits per heavy atom. The molecule has 1 atom stereocenters. The maximum atomic E-state index is 11.1. The van der Waals surface area contributed by atoms with Crippen LogP contribution in [0.5, 0.6) is 0 Å². The monoisotopic (exact) mass is 335 g/mol. The standard InChI is InChI=1S/C14H14BrN3O2/c1-9(10-5-7-11(15)8-6-10)17-13-4-2-3-12(16)14(13)18(19)20/h2-9,17H,16H2,1H3. The summed E-state index contributed by atoms with van der Waals surface area (Å²) in [4.78, 5) is 10.6. The number of nitrogens with zero attached hydrogens (tertiary/aromatic N) is 1. The molecule has 0 heterocycles. The predicted octanol–water partition coefficient (Wildman–Crippen LogP) is 4.11. The third kappa shape index (κ3) is 3.08. The lowest BCUT2D eigenvalue weighted by atomic mass is 10.1. The fraction of sp³-hybridized carbons (Fsp3) is 0.143. The third-order valence-corrected chi connectivity index (χ3v) is 3.52. The number of halogens is 1. The summed E-state index contributed by atoms with van der Waals surface area (Å²) in [5, 5.41) is 14.2. The van der Waals surface area contributed by atoms with Crippen LogP contribution in [0.1, 0.15) is 18.5 Å². The molecule has 20 heavy (non-hydrogen) atoms. The zero-order chi connectivity index (χ0) is 14.7. The SMILES string of the molecule is CC(Nc1cccc(N)c1[N+](=O)[O-])c1ccc(Br)cc1. The Hall–Kier alpha value is -2.08. The lowest BCUT2D eigenvalue weighted by Crippen LogP contribution is -2.09. The fourth-order valence-electron chi connectivity index (χ4n) is 1.95. The van der Waals surface area contributed by atoms with E-state index < -0.39 is 4.92 Å². The Kier molecular flexibility index (Phi) is 4.24. The molecule has 1 unspecified atom stereocenters. The van der Waals surface area contributed by atoms with E-state index in [1.54, 1.807) is 12.1 Å². The Bertz CT molecular complexity index is 629. The van der Waals surface area contributed by atoms with Gasteiger partial charge in [-0.15, -0.1) is 0 Å². The first-order chi connectivity index (χ1) is 9.49. The van der Waals surface area contributed by atoms with Gasteiger partial charge in [0, 0.05) is 10.5 Å². The van der Waals surface area contributed by atoms with E-state index in [1.165, 1.54) is 6.07 Å². The molecule has 3 N–H and O–H groups in total. The molecule has 0 aliphatic carbocycles. The molecule has 5 nitrogen and oxygen atoms in total. The third-order valence-electron chi connectivity index (χ3n) is 2.99. The van der Waals surface area contributed by atoms with Crippen molar-refractivity contribution in [3.05, 3.63) is 62.6 Å². The molecule has 0 radical (unpaired) electrons. The normalized spacial score (nSPS) is 11.9. The van der Waals surface area contributed by atoms with Gasteiger partial charge in [-0.25, -0.2) is 0 Å². The maximum Gasteiger partial charge on any atom is 0.314 e. The van der Waals surface area contributed by atoms with Crippen LogP contribution in [0, 0.1) is 10.1 Å². The van der Waals surface area contributed by atoms with E-state index in [2.05, 4.69) is 21.2 Å². The highest BCUT2D eigenvalue weighted by molar-refractivity contribution is 9.10. The summed E-state index contributed by atoms with van der Waals surface area (Å²) < 4.78 is 0.989. The van der Waals surface area contributed by atoms with Crippen LogP contribution in [0.25, 0.3) is 0 Å². The second kappa shape index (κ2) is 5.92. The van der Waals surface area contributed by atoms with Gasteiger partial charge in [0.15, 0.2) is 0 Å². The lowest BCUT2D eigenvalue weighted by Gasteiger charge is -2.16. The van der Waals surface area contributed by atoms with E-state index in [0.29, 0.717) is 5.69 Å². The minimum Gasteiger partial charge on any atom is -0.393 e. The summed E-state index contributed by atoms with van der Waals surface area (Å²) in [5.74, 6) is 0. The summed E-state index contributed by atoms with van der Waals surface area (Å²) in [7, 11) is 0. The Morgan fingerprint density at radius 1 is 1.25 bits per heavy atom. The summed E-state index contributed by atoms with van der Waals surface area (Å²) >= 11 is 3.38. The van der Waals surface area contributed by atoms with E-state index in [1.807, 2.05) is 31.2 Å². The van der Waals surface area contributed by atoms with Crippen LogP contribution >= 0.6 is 15.9 Å². The van der Waals surface area contributed by atoms with Crippen LogP contribution in [-0.2, 0) is 0 Å². The van der Waals surface area contributed by atoms with Crippen molar-refractivity contribution in [2.75, 3.05) is 11.1 Å². The van der Waals surface area contributed by atoms with Crippen molar-refractivity contribution in [1.29, 1.82) is 0 Å². The van der Waals surface area contributed by atoms with Gasteiger partial charge in [-0.05, 0) is 36.8 Å². The molecule has 0 spiro atoms. The van der Waals surface area contributed by atoms with Gasteiger partial charge in [-0.2, -0.15) is 0 Å². The van der Waals surface area contributed by atoms with Crippen molar-refractivity contribution in [1.82, 2.24) is 0 Å². The number of nitro groups is 1. The molecular formula is C14H14BrN3O2. The summed E-state index contributed by atoms with van der Waals surface area (Å²) in [6, 6.07) is 12.6. The van der Waals surface area contributed by atoms with Crippen LogP contribution < -0.4 is 11.1 Å². The number of hydrogen-bond donors (Lipinski definition) is 2.